The van der Waals surface area contributed by atoms with Crippen LogP contribution in [-0.4, -0.2) is 0 Å². The molecule has 0 aliphatic heterocycles. The Morgan fingerprint density at radius 3 is 0.722 bits per heavy atom. The predicted octanol–water partition coefficient (Wildman–Crippen LogP) is 16.5. The summed E-state index contributed by atoms with van der Waals surface area (Å²) in [6.45, 7) is 17.4. The van der Waals surface area contributed by atoms with Gasteiger partial charge in [-0.05, 0) is 141 Å². The van der Waals surface area contributed by atoms with E-state index in [1.54, 1.807) is 90.7 Å². The molecule has 8 aromatic rings. The normalized spacial score (nSPS) is 10.2. The van der Waals surface area contributed by atoms with Crippen LogP contribution >= 0.6 is 90.7 Å². The molecule has 0 bridgehead atoms. The average Bonchev–Trinajstić information content (AvgIpc) is 4.28. The van der Waals surface area contributed by atoms with E-state index in [0.29, 0.717) is 0 Å². The van der Waals surface area contributed by atoms with Crippen LogP contribution in [0.2, 0.25) is 0 Å². The second kappa shape index (κ2) is 25.2. The molecule has 8 heterocycles. The Balaban J connectivity index is 1.08. The Bertz CT molecular complexity index is 3800. The van der Waals surface area contributed by atoms with Crippen LogP contribution in [0.25, 0.3) is 0 Å². The minimum Gasteiger partial charge on any atom is -0.148 e. The third kappa shape index (κ3) is 13.0. The number of hydrogen-bond donors (Lipinski definition) is 0. The van der Waals surface area contributed by atoms with Crippen LogP contribution in [0.5, 0.6) is 0 Å². The molecule has 0 nitrogen and oxygen atoms in total. The zero-order valence-corrected chi connectivity index (χ0v) is 48.2. The van der Waals surface area contributed by atoms with Crippen molar-refractivity contribution in [1.29, 1.82) is 0 Å². The quantitative estimate of drug-likeness (QED) is 0.133. The maximum absolute atomic E-state index is 5.83. The largest absolute Gasteiger partial charge is 0.148 e. The third-order valence-electron chi connectivity index (χ3n) is 11.3. The highest BCUT2D eigenvalue weighted by Gasteiger charge is 2.13. The highest BCUT2D eigenvalue weighted by atomic mass is 32.1. The molecule has 0 amide bonds. The van der Waals surface area contributed by atoms with Gasteiger partial charge < -0.3 is 0 Å². The third-order valence-corrected chi connectivity index (χ3v) is 20.7. The molecule has 0 unspecified atom stereocenters. The summed E-state index contributed by atoms with van der Waals surface area (Å²) >= 11 is 13.8. The first-order valence-corrected chi connectivity index (χ1v) is 30.8. The lowest BCUT2D eigenvalue weighted by Gasteiger charge is -1.89. The molecule has 0 saturated heterocycles. The van der Waals surface area contributed by atoms with E-state index in [1.165, 1.54) is 39.0 Å². The number of hydrogen-bond acceptors (Lipinski definition) is 8. The van der Waals surface area contributed by atoms with Crippen molar-refractivity contribution in [2.75, 3.05) is 0 Å². The van der Waals surface area contributed by atoms with Crippen molar-refractivity contribution in [3.8, 4) is 95.2 Å². The zero-order valence-electron chi connectivity index (χ0n) is 41.7. The molecule has 0 saturated carbocycles. The number of thiophene rings is 8. The lowest BCUT2D eigenvalue weighted by molar-refractivity contribution is 1.19. The standard InChI is InChI=1S/C64H50S8/c1-10-43-34-51(12-3)66-58(43)27-20-45-36-53(14-5)68-60(45)29-22-47-38-55(16-7)70-62(47)31-24-49-40-57(18-9)72-64(49)32-25-48-39-56(17-8)71-63(48)30-23-46-37-54(15-6)69-61(46)28-21-44-35-52(13-4)67-59(44)26-19-42-33-50(11-2)65-41-42/h1,33-41H,11-18H2,2-9H3. The first-order chi connectivity index (χ1) is 35.2. The van der Waals surface area contributed by atoms with Gasteiger partial charge in [-0.3, -0.25) is 0 Å². The van der Waals surface area contributed by atoms with E-state index in [9.17, 15) is 0 Å². The van der Waals surface area contributed by atoms with Gasteiger partial charge in [0.15, 0.2) is 0 Å². The number of aryl methyl sites for hydroxylation is 8. The Kier molecular flexibility index (Phi) is 18.3. The van der Waals surface area contributed by atoms with Crippen molar-refractivity contribution in [3.63, 3.8) is 0 Å². The fourth-order valence-corrected chi connectivity index (χ4v) is 14.2. The van der Waals surface area contributed by atoms with E-state index in [0.717, 1.165) is 130 Å². The first-order valence-electron chi connectivity index (χ1n) is 24.2. The van der Waals surface area contributed by atoms with E-state index in [1.807, 2.05) is 0 Å². The SMILES string of the molecule is C#Cc1cc(CC)sc1C#Cc1cc(CC)sc1C#Cc1cc(CC)sc1C#Cc1cc(CC)sc1C#Cc1cc(CC)sc1C#Cc1cc(CC)sc1C#Cc1cc(CC)sc1C#Cc1csc(CC)c1. The molecule has 0 aliphatic carbocycles. The van der Waals surface area contributed by atoms with Crippen molar-refractivity contribution < 1.29 is 0 Å². The predicted molar refractivity (Wildman–Crippen MR) is 319 cm³/mol. The molecular formula is C64H50S8. The van der Waals surface area contributed by atoms with Gasteiger partial charge in [-0.25, -0.2) is 0 Å². The van der Waals surface area contributed by atoms with Crippen LogP contribution in [0.1, 0.15) is 173 Å². The fourth-order valence-electron chi connectivity index (χ4n) is 7.13. The van der Waals surface area contributed by atoms with Crippen LogP contribution in [0.3, 0.4) is 0 Å². The summed E-state index contributed by atoms with van der Waals surface area (Å²) in [5.41, 5.74) is 7.65. The minimum absolute atomic E-state index is 0.863. The summed E-state index contributed by atoms with van der Waals surface area (Å²) < 4.78 is 0. The van der Waals surface area contributed by atoms with E-state index in [2.05, 4.69) is 198 Å². The molecular weight excluding hydrogens is 1030 g/mol. The monoisotopic (exact) mass is 1070 g/mol. The summed E-state index contributed by atoms with van der Waals surface area (Å²) in [7, 11) is 0. The molecule has 0 spiro atoms. The van der Waals surface area contributed by atoms with Crippen LogP contribution in [-0.2, 0) is 51.4 Å². The van der Waals surface area contributed by atoms with Crippen LogP contribution < -0.4 is 0 Å². The van der Waals surface area contributed by atoms with Crippen LogP contribution in [0.4, 0.5) is 0 Å². The Hall–Kier alpha value is -5.92. The highest BCUT2D eigenvalue weighted by molar-refractivity contribution is 7.15. The highest BCUT2D eigenvalue weighted by Crippen LogP contribution is 2.30. The van der Waals surface area contributed by atoms with Gasteiger partial charge in [-0.15, -0.1) is 97.1 Å². The van der Waals surface area contributed by atoms with Gasteiger partial charge in [0.25, 0.3) is 0 Å². The van der Waals surface area contributed by atoms with Gasteiger partial charge >= 0.3 is 0 Å². The Labute approximate surface area is 460 Å². The van der Waals surface area contributed by atoms with Gasteiger partial charge in [0.1, 0.15) is 0 Å². The second-order valence-corrected chi connectivity index (χ2v) is 25.2. The molecule has 354 valence electrons. The number of rotatable bonds is 8. The maximum Gasteiger partial charge on any atom is 0.0931 e. The van der Waals surface area contributed by atoms with Gasteiger partial charge in [-0.1, -0.05) is 103 Å². The molecule has 8 heteroatoms. The zero-order chi connectivity index (χ0) is 50.6. The van der Waals surface area contributed by atoms with Crippen molar-refractivity contribution in [1.82, 2.24) is 0 Å². The van der Waals surface area contributed by atoms with Crippen LogP contribution in [0.15, 0.2) is 53.9 Å². The van der Waals surface area contributed by atoms with E-state index >= 15 is 0 Å². The van der Waals surface area contributed by atoms with Gasteiger partial charge in [0.05, 0.1) is 73.1 Å². The van der Waals surface area contributed by atoms with Crippen molar-refractivity contribution in [2.45, 2.75) is 107 Å². The molecule has 8 aromatic heterocycles. The van der Waals surface area contributed by atoms with E-state index < -0.39 is 0 Å². The molecule has 0 fully saturated rings. The van der Waals surface area contributed by atoms with E-state index in [4.69, 9.17) is 6.42 Å². The molecule has 0 atom stereocenters. The molecule has 0 aliphatic rings. The average molecular weight is 1080 g/mol. The molecule has 8 rings (SSSR count). The van der Waals surface area contributed by atoms with E-state index in [-0.39, 0.29) is 0 Å². The van der Waals surface area contributed by atoms with Gasteiger partial charge in [0.2, 0.25) is 0 Å². The summed E-state index contributed by atoms with van der Waals surface area (Å²) in [5.74, 6) is 51.8. The lowest BCUT2D eigenvalue weighted by atomic mass is 10.1. The lowest BCUT2D eigenvalue weighted by Crippen LogP contribution is -1.80. The number of terminal acetylenes is 1. The minimum atomic E-state index is 0.863. The van der Waals surface area contributed by atoms with Crippen molar-refractivity contribution in [3.05, 3.63) is 172 Å². The second-order valence-electron chi connectivity index (χ2n) is 16.2. The summed E-state index contributed by atoms with van der Waals surface area (Å²) in [5, 5.41) is 2.15. The maximum atomic E-state index is 5.83. The summed E-state index contributed by atoms with van der Waals surface area (Å²) in [4.78, 5) is 17.0. The summed E-state index contributed by atoms with van der Waals surface area (Å²) in [6, 6.07) is 17.4. The van der Waals surface area contributed by atoms with Gasteiger partial charge in [0, 0.05) is 50.0 Å². The van der Waals surface area contributed by atoms with Crippen molar-refractivity contribution >= 4 is 90.7 Å². The Morgan fingerprint density at radius 1 is 0.278 bits per heavy atom. The fraction of sp³-hybridized carbons (Fsp3) is 0.250. The van der Waals surface area contributed by atoms with Crippen LogP contribution in [0, 0.1) is 95.2 Å². The van der Waals surface area contributed by atoms with Gasteiger partial charge in [-0.2, -0.15) is 0 Å². The summed E-state index contributed by atoms with van der Waals surface area (Å²) in [6.07, 6.45) is 13.3. The van der Waals surface area contributed by atoms with Crippen molar-refractivity contribution in [2.24, 2.45) is 0 Å². The first kappa shape index (κ1) is 52.4. The molecule has 0 N–H and O–H groups in total. The topological polar surface area (TPSA) is 0 Å². The smallest absolute Gasteiger partial charge is 0.0931 e. The molecule has 0 radical (unpaired) electrons. The molecule has 0 aromatic carbocycles. The molecule has 72 heavy (non-hydrogen) atoms. The Morgan fingerprint density at radius 2 is 0.500 bits per heavy atom.